The molecule has 0 amide bonds. The minimum Gasteiger partial charge on any atom is -0.324 e. The lowest BCUT2D eigenvalue weighted by Gasteiger charge is -2.30. The van der Waals surface area contributed by atoms with Gasteiger partial charge in [-0.3, -0.25) is 4.68 Å². The van der Waals surface area contributed by atoms with Crippen LogP contribution < -0.4 is 4.90 Å². The Kier molecular flexibility index (Phi) is 2.85. The third kappa shape index (κ3) is 2.03. The maximum absolute atomic E-state index is 4.60. The van der Waals surface area contributed by atoms with Crippen molar-refractivity contribution in [3.05, 3.63) is 40.6 Å². The number of rotatable bonds is 1. The lowest BCUT2D eigenvalue weighted by molar-refractivity contribution is 0.739. The zero-order valence-corrected chi connectivity index (χ0v) is 12.1. The van der Waals surface area contributed by atoms with Crippen molar-refractivity contribution in [2.75, 3.05) is 11.4 Å². The number of nitrogens with zero attached hydrogens (tertiary/aromatic N) is 3. The van der Waals surface area contributed by atoms with Crippen molar-refractivity contribution in [3.8, 4) is 0 Å². The molecule has 1 aromatic carbocycles. The normalized spacial score (nSPS) is 14.6. The first-order chi connectivity index (χ1) is 9.06. The van der Waals surface area contributed by atoms with Crippen molar-refractivity contribution in [1.29, 1.82) is 0 Å². The van der Waals surface area contributed by atoms with Gasteiger partial charge in [0.05, 0.1) is 6.20 Å². The quantitative estimate of drug-likeness (QED) is 0.779. The van der Waals surface area contributed by atoms with Gasteiger partial charge in [-0.2, -0.15) is 5.10 Å². The summed E-state index contributed by atoms with van der Waals surface area (Å²) < 4.78 is 1.81. The van der Waals surface area contributed by atoms with Gasteiger partial charge in [0.1, 0.15) is 0 Å². The summed E-state index contributed by atoms with van der Waals surface area (Å²) >= 11 is 0. The molecule has 1 aliphatic heterocycles. The molecule has 0 spiro atoms. The van der Waals surface area contributed by atoms with Crippen LogP contribution in [0.15, 0.2) is 12.1 Å². The minimum atomic E-state index is 1.04. The van der Waals surface area contributed by atoms with Crippen molar-refractivity contribution in [2.45, 2.75) is 33.6 Å². The fourth-order valence-electron chi connectivity index (χ4n) is 3.19. The number of aromatic nitrogens is 2. The van der Waals surface area contributed by atoms with E-state index in [0.29, 0.717) is 0 Å². The molecular formula is C16H20N3. The molecule has 19 heavy (non-hydrogen) atoms. The van der Waals surface area contributed by atoms with Crippen LogP contribution in [0.1, 0.15) is 28.7 Å². The molecule has 3 heteroatoms. The van der Waals surface area contributed by atoms with E-state index in [4.69, 9.17) is 0 Å². The van der Waals surface area contributed by atoms with Crippen LogP contribution in [0, 0.1) is 27.0 Å². The molecule has 99 valence electrons. The van der Waals surface area contributed by atoms with Gasteiger partial charge in [0.15, 0.2) is 5.82 Å². The summed E-state index contributed by atoms with van der Waals surface area (Å²) in [5.41, 5.74) is 6.54. The first-order valence-electron chi connectivity index (χ1n) is 6.87. The molecule has 0 saturated carbocycles. The van der Waals surface area contributed by atoms with Crippen molar-refractivity contribution in [2.24, 2.45) is 7.05 Å². The topological polar surface area (TPSA) is 21.1 Å². The van der Waals surface area contributed by atoms with Crippen LogP contribution in [0.5, 0.6) is 0 Å². The predicted molar refractivity (Wildman–Crippen MR) is 78.0 cm³/mol. The first kappa shape index (κ1) is 12.3. The Morgan fingerprint density at radius 3 is 2.53 bits per heavy atom. The Balaban J connectivity index is 2.14. The van der Waals surface area contributed by atoms with Gasteiger partial charge in [-0.15, -0.1) is 0 Å². The molecule has 1 aromatic heterocycles. The molecule has 2 heterocycles. The van der Waals surface area contributed by atoms with Gasteiger partial charge in [-0.1, -0.05) is 17.7 Å². The summed E-state index contributed by atoms with van der Waals surface area (Å²) in [7, 11) is 1.95. The van der Waals surface area contributed by atoms with E-state index in [1.807, 2.05) is 11.7 Å². The van der Waals surface area contributed by atoms with Crippen LogP contribution in [0.4, 0.5) is 11.5 Å². The third-order valence-electron chi connectivity index (χ3n) is 3.78. The second-order valence-electron chi connectivity index (χ2n) is 5.54. The number of fused-ring (bicyclic) bond motifs is 1. The summed E-state index contributed by atoms with van der Waals surface area (Å²) in [6, 6.07) is 4.51. The molecule has 3 rings (SSSR count). The van der Waals surface area contributed by atoms with Gasteiger partial charge >= 0.3 is 0 Å². The summed E-state index contributed by atoms with van der Waals surface area (Å²) in [5, 5.41) is 4.60. The zero-order chi connectivity index (χ0) is 13.6. The monoisotopic (exact) mass is 254 g/mol. The molecule has 0 atom stereocenters. The molecule has 0 fully saturated rings. The van der Waals surface area contributed by atoms with Crippen molar-refractivity contribution >= 4 is 11.5 Å². The average molecular weight is 254 g/mol. The number of aryl methyl sites for hydroxylation is 5. The van der Waals surface area contributed by atoms with Crippen LogP contribution in [0.2, 0.25) is 0 Å². The largest absolute Gasteiger partial charge is 0.324 e. The van der Waals surface area contributed by atoms with E-state index in [2.05, 4.69) is 49.1 Å². The summed E-state index contributed by atoms with van der Waals surface area (Å²) in [5.74, 6) is 1.09. The third-order valence-corrected chi connectivity index (χ3v) is 3.78. The summed E-state index contributed by atoms with van der Waals surface area (Å²) in [6.07, 6.45) is 5.57. The fourth-order valence-corrected chi connectivity index (χ4v) is 3.19. The van der Waals surface area contributed by atoms with E-state index in [1.54, 1.807) is 0 Å². The molecular weight excluding hydrogens is 234 g/mol. The maximum Gasteiger partial charge on any atom is 0.158 e. The van der Waals surface area contributed by atoms with Crippen LogP contribution in [-0.4, -0.2) is 16.3 Å². The van der Waals surface area contributed by atoms with Gasteiger partial charge < -0.3 is 4.90 Å². The molecule has 0 N–H and O–H groups in total. The van der Waals surface area contributed by atoms with E-state index in [-0.39, 0.29) is 0 Å². The van der Waals surface area contributed by atoms with Crippen LogP contribution in [0.25, 0.3) is 0 Å². The van der Waals surface area contributed by atoms with E-state index >= 15 is 0 Å². The van der Waals surface area contributed by atoms with Crippen LogP contribution in [0.3, 0.4) is 0 Å². The zero-order valence-electron chi connectivity index (χ0n) is 12.1. The highest BCUT2D eigenvalue weighted by Gasteiger charge is 2.24. The second kappa shape index (κ2) is 4.41. The molecule has 0 unspecified atom stereocenters. The highest BCUT2D eigenvalue weighted by molar-refractivity contribution is 5.70. The molecule has 3 nitrogen and oxygen atoms in total. The Labute approximate surface area is 114 Å². The van der Waals surface area contributed by atoms with Gasteiger partial charge in [0.2, 0.25) is 0 Å². The van der Waals surface area contributed by atoms with E-state index in [1.165, 1.54) is 34.4 Å². The van der Waals surface area contributed by atoms with Crippen molar-refractivity contribution < 1.29 is 0 Å². The Morgan fingerprint density at radius 2 is 1.84 bits per heavy atom. The van der Waals surface area contributed by atoms with Crippen LogP contribution in [-0.2, 0) is 13.5 Å². The predicted octanol–water partition coefficient (Wildman–Crippen LogP) is 3.23. The molecule has 1 radical (unpaired) electrons. The number of anilines is 2. The molecule has 2 aromatic rings. The lowest BCUT2D eigenvalue weighted by atomic mass is 10.0. The lowest BCUT2D eigenvalue weighted by Crippen LogP contribution is -2.26. The standard InChI is InChI=1S/C16H20N3/c1-11-8-12(2)15(13(3)9-11)19-7-5-6-14-10-18(4)17-16(14)19/h8-9H,5-7H2,1-4H3. The Bertz CT molecular complexity index is 602. The number of benzene rings is 1. The van der Waals surface area contributed by atoms with E-state index < -0.39 is 0 Å². The smallest absolute Gasteiger partial charge is 0.158 e. The molecule has 0 bridgehead atoms. The summed E-state index contributed by atoms with van der Waals surface area (Å²) in [4.78, 5) is 2.36. The van der Waals surface area contributed by atoms with Gasteiger partial charge in [-0.05, 0) is 44.7 Å². The Hall–Kier alpha value is -1.77. The summed E-state index contributed by atoms with van der Waals surface area (Å²) in [6.45, 7) is 7.58. The van der Waals surface area contributed by atoms with Gasteiger partial charge in [-0.25, -0.2) is 0 Å². The first-order valence-corrected chi connectivity index (χ1v) is 6.87. The molecule has 1 aliphatic rings. The second-order valence-corrected chi connectivity index (χ2v) is 5.54. The fraction of sp³-hybridized carbons (Fsp3) is 0.438. The van der Waals surface area contributed by atoms with E-state index in [9.17, 15) is 0 Å². The maximum atomic E-state index is 4.60. The number of hydrogen-bond donors (Lipinski definition) is 0. The van der Waals surface area contributed by atoms with Crippen molar-refractivity contribution in [1.82, 2.24) is 9.78 Å². The molecule has 0 saturated heterocycles. The van der Waals surface area contributed by atoms with Gasteiger partial charge in [0, 0.05) is 24.8 Å². The van der Waals surface area contributed by atoms with Gasteiger partial charge in [0.25, 0.3) is 0 Å². The molecule has 0 aliphatic carbocycles. The van der Waals surface area contributed by atoms with Crippen molar-refractivity contribution in [3.63, 3.8) is 0 Å². The SMILES string of the molecule is Cc1cc(C)c(N2CCCc3[c]n(C)nc32)c(C)c1. The Morgan fingerprint density at radius 1 is 1.16 bits per heavy atom. The average Bonchev–Trinajstić information content (AvgIpc) is 2.68. The van der Waals surface area contributed by atoms with E-state index in [0.717, 1.165) is 18.8 Å². The highest BCUT2D eigenvalue weighted by Crippen LogP contribution is 2.36. The number of hydrogen-bond acceptors (Lipinski definition) is 2. The highest BCUT2D eigenvalue weighted by atomic mass is 15.3. The van der Waals surface area contributed by atoms with Crippen LogP contribution >= 0.6 is 0 Å². The minimum absolute atomic E-state index is 1.04.